The van der Waals surface area contributed by atoms with Gasteiger partial charge in [-0.15, -0.1) is 0 Å². The third-order valence-electron chi connectivity index (χ3n) is 3.07. The van der Waals surface area contributed by atoms with Gasteiger partial charge in [0, 0.05) is 33.7 Å². The first-order chi connectivity index (χ1) is 8.62. The molecule has 0 radical (unpaired) electrons. The van der Waals surface area contributed by atoms with E-state index in [4.69, 9.17) is 9.47 Å². The maximum Gasteiger partial charge on any atom is 0.245 e. The molecule has 0 spiro atoms. The molecule has 1 aliphatic heterocycles. The third-order valence-corrected chi connectivity index (χ3v) is 3.07. The Kier molecular flexibility index (Phi) is 6.07. The number of nitrogens with one attached hydrogen (secondary N) is 1. The highest BCUT2D eigenvalue weighted by molar-refractivity contribution is 5.89. The van der Waals surface area contributed by atoms with Crippen LogP contribution in [0.4, 0.5) is 0 Å². The number of carbonyl (C=O) groups is 2. The Hall–Kier alpha value is -1.14. The molecular formula is C12H22N2O4. The minimum atomic E-state index is -0.417. The monoisotopic (exact) mass is 258 g/mol. The second kappa shape index (κ2) is 7.33. The van der Waals surface area contributed by atoms with Gasteiger partial charge >= 0.3 is 0 Å². The van der Waals surface area contributed by atoms with E-state index >= 15 is 0 Å². The van der Waals surface area contributed by atoms with Gasteiger partial charge in [-0.3, -0.25) is 9.59 Å². The van der Waals surface area contributed by atoms with Crippen molar-refractivity contribution in [2.45, 2.75) is 31.9 Å². The smallest absolute Gasteiger partial charge is 0.245 e. The van der Waals surface area contributed by atoms with Crippen LogP contribution in [0.1, 0.15) is 19.8 Å². The molecule has 1 fully saturated rings. The molecule has 0 aromatic rings. The third kappa shape index (κ3) is 3.96. The SMILES string of the molecule is CCC1NC(=O)CCN(CC(COC)OC)C1=O. The summed E-state index contributed by atoms with van der Waals surface area (Å²) in [7, 11) is 3.18. The lowest BCUT2D eigenvalue weighted by Gasteiger charge is -2.27. The van der Waals surface area contributed by atoms with Gasteiger partial charge in [-0.25, -0.2) is 0 Å². The Bertz CT molecular complexity index is 296. The van der Waals surface area contributed by atoms with Crippen molar-refractivity contribution in [1.29, 1.82) is 0 Å². The van der Waals surface area contributed by atoms with E-state index in [1.165, 1.54) is 0 Å². The van der Waals surface area contributed by atoms with E-state index in [2.05, 4.69) is 5.32 Å². The highest BCUT2D eigenvalue weighted by atomic mass is 16.5. The van der Waals surface area contributed by atoms with Crippen molar-refractivity contribution in [3.63, 3.8) is 0 Å². The van der Waals surface area contributed by atoms with E-state index in [9.17, 15) is 9.59 Å². The molecule has 18 heavy (non-hydrogen) atoms. The van der Waals surface area contributed by atoms with Gasteiger partial charge < -0.3 is 19.7 Å². The molecule has 0 aromatic heterocycles. The first-order valence-corrected chi connectivity index (χ1v) is 6.22. The molecule has 1 rings (SSSR count). The number of rotatable bonds is 6. The zero-order chi connectivity index (χ0) is 13.5. The zero-order valence-electron chi connectivity index (χ0n) is 11.3. The summed E-state index contributed by atoms with van der Waals surface area (Å²) in [6.07, 6.45) is 0.777. The second-order valence-corrected chi connectivity index (χ2v) is 4.38. The summed E-state index contributed by atoms with van der Waals surface area (Å²) in [4.78, 5) is 25.4. The highest BCUT2D eigenvalue weighted by Crippen LogP contribution is 2.08. The van der Waals surface area contributed by atoms with Crippen LogP contribution < -0.4 is 5.32 Å². The maximum absolute atomic E-state index is 12.2. The van der Waals surface area contributed by atoms with Crippen LogP contribution in [0.5, 0.6) is 0 Å². The molecule has 2 amide bonds. The molecule has 1 saturated heterocycles. The van der Waals surface area contributed by atoms with Gasteiger partial charge in [-0.1, -0.05) is 6.92 Å². The number of ether oxygens (including phenoxy) is 2. The summed E-state index contributed by atoms with van der Waals surface area (Å²) in [6.45, 7) is 3.20. The predicted molar refractivity (Wildman–Crippen MR) is 66.1 cm³/mol. The van der Waals surface area contributed by atoms with Gasteiger partial charge in [0.25, 0.3) is 0 Å². The van der Waals surface area contributed by atoms with E-state index in [1.54, 1.807) is 19.1 Å². The van der Waals surface area contributed by atoms with Gasteiger partial charge in [0.2, 0.25) is 11.8 Å². The van der Waals surface area contributed by atoms with Crippen LogP contribution in [0.2, 0.25) is 0 Å². The van der Waals surface area contributed by atoms with Crippen molar-refractivity contribution < 1.29 is 19.1 Å². The van der Waals surface area contributed by atoms with Gasteiger partial charge in [-0.2, -0.15) is 0 Å². The van der Waals surface area contributed by atoms with E-state index in [0.717, 1.165) is 0 Å². The fourth-order valence-corrected chi connectivity index (χ4v) is 1.98. The molecule has 0 bridgehead atoms. The van der Waals surface area contributed by atoms with Gasteiger partial charge in [0.15, 0.2) is 0 Å². The van der Waals surface area contributed by atoms with Crippen LogP contribution in [-0.4, -0.2) is 62.8 Å². The molecule has 0 aliphatic carbocycles. The molecule has 6 nitrogen and oxygen atoms in total. The molecule has 6 heteroatoms. The first kappa shape index (κ1) is 14.9. The van der Waals surface area contributed by atoms with Gasteiger partial charge in [-0.05, 0) is 6.42 Å². The summed E-state index contributed by atoms with van der Waals surface area (Å²) in [5.41, 5.74) is 0. The number of methoxy groups -OCH3 is 2. The van der Waals surface area contributed by atoms with Crippen LogP contribution in [0.3, 0.4) is 0 Å². The quantitative estimate of drug-likeness (QED) is 0.715. The van der Waals surface area contributed by atoms with Crippen molar-refractivity contribution >= 4 is 11.8 Å². The largest absolute Gasteiger partial charge is 0.382 e. The molecular weight excluding hydrogens is 236 g/mol. The van der Waals surface area contributed by atoms with Crippen molar-refractivity contribution in [2.75, 3.05) is 33.9 Å². The Balaban J connectivity index is 2.67. The number of amides is 2. The lowest BCUT2D eigenvalue weighted by molar-refractivity contribution is -0.135. The van der Waals surface area contributed by atoms with Crippen molar-refractivity contribution in [1.82, 2.24) is 10.2 Å². The Morgan fingerprint density at radius 1 is 1.44 bits per heavy atom. The molecule has 0 saturated carbocycles. The van der Waals surface area contributed by atoms with Crippen LogP contribution in [0, 0.1) is 0 Å². The summed E-state index contributed by atoms with van der Waals surface area (Å²) < 4.78 is 10.3. The van der Waals surface area contributed by atoms with Crippen molar-refractivity contribution in [3.8, 4) is 0 Å². The van der Waals surface area contributed by atoms with Crippen LogP contribution in [0.15, 0.2) is 0 Å². The van der Waals surface area contributed by atoms with Crippen LogP contribution >= 0.6 is 0 Å². The first-order valence-electron chi connectivity index (χ1n) is 6.22. The second-order valence-electron chi connectivity index (χ2n) is 4.38. The normalized spacial score (nSPS) is 22.6. The molecule has 2 atom stereocenters. The predicted octanol–water partition coefficient (Wildman–Crippen LogP) is -0.225. The topological polar surface area (TPSA) is 67.9 Å². The Labute approximate surface area is 108 Å². The van der Waals surface area contributed by atoms with E-state index in [-0.39, 0.29) is 17.9 Å². The molecule has 2 unspecified atom stereocenters. The minimum absolute atomic E-state index is 0.0403. The van der Waals surface area contributed by atoms with Crippen LogP contribution in [0.25, 0.3) is 0 Å². The zero-order valence-corrected chi connectivity index (χ0v) is 11.3. The fourth-order valence-electron chi connectivity index (χ4n) is 1.98. The summed E-state index contributed by atoms with van der Waals surface area (Å²) in [5, 5.41) is 2.73. The lowest BCUT2D eigenvalue weighted by atomic mass is 10.2. The maximum atomic E-state index is 12.2. The number of nitrogens with zero attached hydrogens (tertiary/aromatic N) is 1. The van der Waals surface area contributed by atoms with E-state index in [1.807, 2.05) is 6.92 Å². The van der Waals surface area contributed by atoms with Gasteiger partial charge in [0.05, 0.1) is 12.7 Å². The summed E-state index contributed by atoms with van der Waals surface area (Å²) >= 11 is 0. The molecule has 0 aromatic carbocycles. The highest BCUT2D eigenvalue weighted by Gasteiger charge is 2.29. The van der Waals surface area contributed by atoms with Crippen LogP contribution in [-0.2, 0) is 19.1 Å². The Morgan fingerprint density at radius 3 is 2.72 bits per heavy atom. The minimum Gasteiger partial charge on any atom is -0.382 e. The summed E-state index contributed by atoms with van der Waals surface area (Å²) in [5.74, 6) is -0.111. The average molecular weight is 258 g/mol. The molecule has 1 heterocycles. The van der Waals surface area contributed by atoms with E-state index in [0.29, 0.717) is 32.5 Å². The van der Waals surface area contributed by atoms with E-state index < -0.39 is 6.04 Å². The fraction of sp³-hybridized carbons (Fsp3) is 0.833. The number of hydrogen-bond donors (Lipinski definition) is 1. The van der Waals surface area contributed by atoms with Gasteiger partial charge in [0.1, 0.15) is 6.04 Å². The molecule has 1 N–H and O–H groups in total. The summed E-state index contributed by atoms with van der Waals surface area (Å²) in [6, 6.07) is -0.417. The van der Waals surface area contributed by atoms with Crippen molar-refractivity contribution in [3.05, 3.63) is 0 Å². The average Bonchev–Trinajstić information content (AvgIpc) is 2.50. The molecule has 104 valence electrons. The Morgan fingerprint density at radius 2 is 2.17 bits per heavy atom. The standard InChI is InChI=1S/C12H22N2O4/c1-4-10-12(16)14(6-5-11(15)13-10)7-9(18-3)8-17-2/h9-10H,4-8H2,1-3H3,(H,13,15). The van der Waals surface area contributed by atoms with Crippen molar-refractivity contribution in [2.24, 2.45) is 0 Å². The number of carbonyl (C=O) groups excluding carboxylic acids is 2. The number of hydrogen-bond acceptors (Lipinski definition) is 4. The lowest BCUT2D eigenvalue weighted by Crippen LogP contribution is -2.47. The molecule has 1 aliphatic rings.